The molecule has 0 aliphatic heterocycles. The summed E-state index contributed by atoms with van der Waals surface area (Å²) in [6.07, 6.45) is 0. The molecule has 4 aromatic rings. The van der Waals surface area contributed by atoms with Crippen molar-refractivity contribution in [3.63, 3.8) is 0 Å². The number of imidazole rings is 1. The van der Waals surface area contributed by atoms with Crippen LogP contribution in [0.15, 0.2) is 47.6 Å². The number of nitrogens with one attached hydrogen (secondary N) is 2. The van der Waals surface area contributed by atoms with E-state index in [0.29, 0.717) is 5.75 Å². The van der Waals surface area contributed by atoms with Gasteiger partial charge in [-0.15, -0.1) is 0 Å². The molecule has 6 nitrogen and oxygen atoms in total. The Hall–Kier alpha value is -2.80. The van der Waals surface area contributed by atoms with Gasteiger partial charge >= 0.3 is 0 Å². The average molecular weight is 351 g/mol. The number of anilines is 1. The van der Waals surface area contributed by atoms with Crippen molar-refractivity contribution in [2.24, 2.45) is 7.05 Å². The van der Waals surface area contributed by atoms with Crippen LogP contribution in [0.2, 0.25) is 0 Å². The molecular formula is C18H17N5OS. The van der Waals surface area contributed by atoms with Gasteiger partial charge in [0.15, 0.2) is 5.16 Å². The van der Waals surface area contributed by atoms with Crippen molar-refractivity contribution in [3.05, 3.63) is 48.2 Å². The average Bonchev–Trinajstić information content (AvgIpc) is 3.14. The van der Waals surface area contributed by atoms with Crippen molar-refractivity contribution < 1.29 is 4.79 Å². The van der Waals surface area contributed by atoms with Crippen LogP contribution in [0.1, 0.15) is 5.69 Å². The number of para-hydroxylation sites is 2. The first-order valence-corrected chi connectivity index (χ1v) is 8.89. The maximum absolute atomic E-state index is 12.2. The molecule has 0 saturated carbocycles. The molecule has 2 N–H and O–H groups in total. The lowest BCUT2D eigenvalue weighted by molar-refractivity contribution is -0.113. The van der Waals surface area contributed by atoms with E-state index in [1.54, 1.807) is 0 Å². The number of aromatic amines is 1. The highest BCUT2D eigenvalue weighted by Gasteiger charge is 2.09. The monoisotopic (exact) mass is 351 g/mol. The fourth-order valence-corrected chi connectivity index (χ4v) is 3.53. The van der Waals surface area contributed by atoms with E-state index in [2.05, 4.69) is 20.4 Å². The second-order valence-corrected chi connectivity index (χ2v) is 6.80. The Balaban J connectivity index is 1.44. The number of H-pyrrole nitrogens is 1. The third-order valence-corrected chi connectivity index (χ3v) is 4.90. The van der Waals surface area contributed by atoms with Crippen molar-refractivity contribution in [1.29, 1.82) is 0 Å². The summed E-state index contributed by atoms with van der Waals surface area (Å²) in [6.45, 7) is 1.98. The number of thioether (sulfide) groups is 1. The van der Waals surface area contributed by atoms with Gasteiger partial charge in [-0.05, 0) is 37.3 Å². The summed E-state index contributed by atoms with van der Waals surface area (Å²) >= 11 is 1.39. The molecule has 7 heteroatoms. The minimum atomic E-state index is -0.0660. The Kier molecular flexibility index (Phi) is 3.93. The van der Waals surface area contributed by atoms with Crippen molar-refractivity contribution in [2.45, 2.75) is 12.1 Å². The first-order chi connectivity index (χ1) is 12.1. The van der Waals surface area contributed by atoms with Gasteiger partial charge in [0.2, 0.25) is 5.91 Å². The van der Waals surface area contributed by atoms with Crippen LogP contribution >= 0.6 is 11.8 Å². The fourth-order valence-electron chi connectivity index (χ4n) is 2.84. The van der Waals surface area contributed by atoms with Gasteiger partial charge in [0.05, 0.1) is 28.0 Å². The third kappa shape index (κ3) is 3.10. The van der Waals surface area contributed by atoms with Crippen LogP contribution in [0.5, 0.6) is 0 Å². The second-order valence-electron chi connectivity index (χ2n) is 5.84. The number of carbonyl (C=O) groups excluding carboxylic acids is 1. The van der Waals surface area contributed by atoms with Gasteiger partial charge in [-0.3, -0.25) is 9.48 Å². The smallest absolute Gasteiger partial charge is 0.234 e. The molecule has 0 unspecified atom stereocenters. The third-order valence-electron chi connectivity index (χ3n) is 4.03. The van der Waals surface area contributed by atoms with Gasteiger partial charge in [0.1, 0.15) is 0 Å². The lowest BCUT2D eigenvalue weighted by Crippen LogP contribution is -2.14. The Morgan fingerprint density at radius 1 is 1.28 bits per heavy atom. The van der Waals surface area contributed by atoms with Gasteiger partial charge in [-0.2, -0.15) is 5.10 Å². The van der Waals surface area contributed by atoms with E-state index in [-0.39, 0.29) is 5.91 Å². The molecule has 2 heterocycles. The highest BCUT2D eigenvalue weighted by atomic mass is 32.2. The Morgan fingerprint density at radius 2 is 2.12 bits per heavy atom. The van der Waals surface area contributed by atoms with E-state index in [1.165, 1.54) is 11.8 Å². The summed E-state index contributed by atoms with van der Waals surface area (Å²) < 4.78 is 1.82. The number of aromatic nitrogens is 4. The van der Waals surface area contributed by atoms with E-state index >= 15 is 0 Å². The van der Waals surface area contributed by atoms with Gasteiger partial charge < -0.3 is 10.3 Å². The molecule has 0 saturated heterocycles. The first-order valence-electron chi connectivity index (χ1n) is 7.91. The van der Waals surface area contributed by atoms with Crippen LogP contribution in [0.3, 0.4) is 0 Å². The summed E-state index contributed by atoms with van der Waals surface area (Å²) in [5.41, 5.74) is 4.63. The number of hydrogen-bond acceptors (Lipinski definition) is 4. The minimum absolute atomic E-state index is 0.0660. The van der Waals surface area contributed by atoms with E-state index in [0.717, 1.165) is 38.5 Å². The SMILES string of the molecule is Cc1nn(C)c2cc(NC(=O)CSc3nc4ccccc4[nH]3)ccc12. The lowest BCUT2D eigenvalue weighted by atomic mass is 10.2. The largest absolute Gasteiger partial charge is 0.333 e. The van der Waals surface area contributed by atoms with E-state index in [9.17, 15) is 4.79 Å². The zero-order valence-electron chi connectivity index (χ0n) is 13.9. The van der Waals surface area contributed by atoms with Gasteiger partial charge in [-0.1, -0.05) is 23.9 Å². The molecule has 1 amide bonds. The minimum Gasteiger partial charge on any atom is -0.333 e. The molecule has 0 aliphatic carbocycles. The van der Waals surface area contributed by atoms with E-state index < -0.39 is 0 Å². The summed E-state index contributed by atoms with van der Waals surface area (Å²) in [6, 6.07) is 13.6. The molecule has 0 spiro atoms. The topological polar surface area (TPSA) is 75.6 Å². The molecule has 25 heavy (non-hydrogen) atoms. The molecular weight excluding hydrogens is 334 g/mol. The van der Waals surface area contributed by atoms with Gasteiger partial charge in [0.25, 0.3) is 0 Å². The zero-order chi connectivity index (χ0) is 17.4. The first kappa shape index (κ1) is 15.7. The number of carbonyl (C=O) groups is 1. The Bertz CT molecular complexity index is 1050. The number of fused-ring (bicyclic) bond motifs is 2. The highest BCUT2D eigenvalue weighted by Crippen LogP contribution is 2.22. The van der Waals surface area contributed by atoms with E-state index in [1.807, 2.05) is 61.1 Å². The number of amides is 1. The van der Waals surface area contributed by atoms with Crippen LogP contribution in [-0.2, 0) is 11.8 Å². The summed E-state index contributed by atoms with van der Waals surface area (Å²) in [4.78, 5) is 19.9. The molecule has 126 valence electrons. The molecule has 4 rings (SSSR count). The molecule has 2 aromatic heterocycles. The quantitative estimate of drug-likeness (QED) is 0.552. The lowest BCUT2D eigenvalue weighted by Gasteiger charge is -2.05. The molecule has 0 atom stereocenters. The summed E-state index contributed by atoms with van der Waals surface area (Å²) in [7, 11) is 1.90. The molecule has 0 fully saturated rings. The summed E-state index contributed by atoms with van der Waals surface area (Å²) in [5, 5.41) is 9.17. The van der Waals surface area contributed by atoms with Crippen LogP contribution in [-0.4, -0.2) is 31.4 Å². The number of rotatable bonds is 4. The Labute approximate surface area is 148 Å². The predicted molar refractivity (Wildman–Crippen MR) is 101 cm³/mol. The second kappa shape index (κ2) is 6.25. The van der Waals surface area contributed by atoms with Crippen molar-refractivity contribution >= 4 is 45.3 Å². The molecule has 0 aliphatic rings. The van der Waals surface area contributed by atoms with Crippen LogP contribution < -0.4 is 5.32 Å². The maximum Gasteiger partial charge on any atom is 0.234 e. The van der Waals surface area contributed by atoms with Crippen molar-refractivity contribution in [3.8, 4) is 0 Å². The van der Waals surface area contributed by atoms with Gasteiger partial charge in [-0.25, -0.2) is 4.98 Å². The molecule has 0 bridgehead atoms. The van der Waals surface area contributed by atoms with Crippen molar-refractivity contribution in [1.82, 2.24) is 19.7 Å². The fraction of sp³-hybridized carbons (Fsp3) is 0.167. The number of hydrogen-bond donors (Lipinski definition) is 2. The van der Waals surface area contributed by atoms with Gasteiger partial charge in [0, 0.05) is 18.1 Å². The standard InChI is InChI=1S/C18H17N5OS/c1-11-13-8-7-12(9-16(13)23(2)22-11)19-17(24)10-25-18-20-14-5-3-4-6-15(14)21-18/h3-9H,10H2,1-2H3,(H,19,24)(H,20,21). The van der Waals surface area contributed by atoms with Crippen molar-refractivity contribution in [2.75, 3.05) is 11.1 Å². The number of benzene rings is 2. The zero-order valence-corrected chi connectivity index (χ0v) is 14.7. The number of aryl methyl sites for hydroxylation is 2. The highest BCUT2D eigenvalue weighted by molar-refractivity contribution is 7.99. The van der Waals surface area contributed by atoms with Crippen LogP contribution in [0.25, 0.3) is 21.9 Å². The normalized spacial score (nSPS) is 11.3. The molecule has 0 radical (unpaired) electrons. The predicted octanol–water partition coefficient (Wildman–Crippen LogP) is 3.49. The van der Waals surface area contributed by atoms with Crippen LogP contribution in [0, 0.1) is 6.92 Å². The number of nitrogens with zero attached hydrogens (tertiary/aromatic N) is 3. The summed E-state index contributed by atoms with van der Waals surface area (Å²) in [5.74, 6) is 0.228. The van der Waals surface area contributed by atoms with Crippen LogP contribution in [0.4, 0.5) is 5.69 Å². The molecule has 2 aromatic carbocycles. The maximum atomic E-state index is 12.2. The Morgan fingerprint density at radius 3 is 2.96 bits per heavy atom. The van der Waals surface area contributed by atoms with E-state index in [4.69, 9.17) is 0 Å².